The van der Waals surface area contributed by atoms with Gasteiger partial charge in [0.05, 0.1) is 0 Å². The van der Waals surface area contributed by atoms with Gasteiger partial charge in [-0.05, 0) is 13.4 Å². The second-order valence-electron chi connectivity index (χ2n) is 14.7. The molecule has 0 aromatic carbocycles. The topological polar surface area (TPSA) is 0 Å². The first kappa shape index (κ1) is 38.4. The van der Waals surface area contributed by atoms with Gasteiger partial charge in [0, 0.05) is 0 Å². The molecule has 0 fully saturated rings. The molecule has 0 spiro atoms. The minimum Gasteiger partial charge on any atom is -0.169 e. The van der Waals surface area contributed by atoms with E-state index in [2.05, 4.69) is 125 Å². The third kappa shape index (κ3) is 13.1. The van der Waals surface area contributed by atoms with Gasteiger partial charge in [-0.15, -0.1) is 0 Å². The SMILES string of the molecule is CC(C)C(C)[BH-](C(C)C(C)C)C(C)C(C)C.CC(C)C(C)[BH-](C(C)C(C)C)C(C)C(C)C.[Mg+2]. The van der Waals surface area contributed by atoms with Crippen LogP contribution < -0.4 is 0 Å². The van der Waals surface area contributed by atoms with Crippen molar-refractivity contribution < 1.29 is 0 Å². The van der Waals surface area contributed by atoms with Gasteiger partial charge in [-0.1, -0.05) is 160 Å². The van der Waals surface area contributed by atoms with E-state index in [0.717, 1.165) is 70.4 Å². The second kappa shape index (κ2) is 18.2. The Morgan fingerprint density at radius 3 is 0.394 bits per heavy atom. The van der Waals surface area contributed by atoms with Gasteiger partial charge in [-0.3, -0.25) is 0 Å². The summed E-state index contributed by atoms with van der Waals surface area (Å²) in [5.41, 5.74) is 0. The van der Waals surface area contributed by atoms with E-state index in [1.807, 2.05) is 0 Å². The van der Waals surface area contributed by atoms with Gasteiger partial charge in [-0.2, -0.15) is 34.9 Å². The fourth-order valence-corrected chi connectivity index (χ4v) is 6.78. The van der Waals surface area contributed by atoms with Crippen molar-refractivity contribution in [2.75, 3.05) is 0 Å². The summed E-state index contributed by atoms with van der Waals surface area (Å²) in [5, 5.41) is 0. The molecule has 0 N–H and O–H groups in total. The number of hydrogen-bond acceptors (Lipinski definition) is 0. The molecule has 0 heterocycles. The van der Waals surface area contributed by atoms with Crippen molar-refractivity contribution in [2.24, 2.45) is 35.5 Å². The van der Waals surface area contributed by atoms with Crippen molar-refractivity contribution in [2.45, 2.75) is 160 Å². The van der Waals surface area contributed by atoms with Crippen LogP contribution >= 0.6 is 0 Å². The van der Waals surface area contributed by atoms with Crippen molar-refractivity contribution in [1.82, 2.24) is 0 Å². The van der Waals surface area contributed by atoms with Crippen LogP contribution in [-0.4, -0.2) is 36.5 Å². The molecule has 0 saturated carbocycles. The van der Waals surface area contributed by atoms with E-state index in [9.17, 15) is 0 Å². The third-order valence-electron chi connectivity index (χ3n) is 11.3. The Bertz CT molecular complexity index is 350. The molecule has 6 unspecified atom stereocenters. The molecule has 3 heteroatoms. The first-order valence-electron chi connectivity index (χ1n) is 14.8. The average Bonchev–Trinajstić information content (AvgIpc) is 2.67. The van der Waals surface area contributed by atoms with Gasteiger partial charge in [-0.25, -0.2) is 0 Å². The van der Waals surface area contributed by atoms with Gasteiger partial charge >= 0.3 is 23.1 Å². The van der Waals surface area contributed by atoms with Gasteiger partial charge in [0.25, 0.3) is 0 Å². The summed E-state index contributed by atoms with van der Waals surface area (Å²) >= 11 is 0. The summed E-state index contributed by atoms with van der Waals surface area (Å²) in [5.74, 6) is 10.5. The molecule has 0 nitrogen and oxygen atoms in total. The zero-order chi connectivity index (χ0) is 26.1. The molecule has 0 aliphatic rings. The van der Waals surface area contributed by atoms with Crippen molar-refractivity contribution >= 4 is 36.5 Å². The van der Waals surface area contributed by atoms with Crippen LogP contribution in [0.1, 0.15) is 125 Å². The molecule has 0 saturated heterocycles. The van der Waals surface area contributed by atoms with E-state index in [1.54, 1.807) is 0 Å². The molecular formula is C30H68B2Mg. The van der Waals surface area contributed by atoms with Crippen LogP contribution in [0.5, 0.6) is 0 Å². The van der Waals surface area contributed by atoms with Crippen LogP contribution in [-0.2, 0) is 0 Å². The van der Waals surface area contributed by atoms with E-state index < -0.39 is 0 Å². The van der Waals surface area contributed by atoms with Crippen LogP contribution in [0, 0.1) is 35.5 Å². The fourth-order valence-electron chi connectivity index (χ4n) is 6.78. The zero-order valence-corrected chi connectivity index (χ0v) is 28.5. The Hall–Kier alpha value is 0.896. The first-order valence-corrected chi connectivity index (χ1v) is 14.8. The molecule has 196 valence electrons. The van der Waals surface area contributed by atoms with E-state index in [4.69, 9.17) is 0 Å². The minimum absolute atomic E-state index is 0. The monoisotopic (exact) mass is 475 g/mol. The molecule has 0 aromatic heterocycles. The maximum atomic E-state index is 2.49. The van der Waals surface area contributed by atoms with Crippen LogP contribution in [0.15, 0.2) is 0 Å². The maximum Gasteiger partial charge on any atom is 2.00 e. The summed E-state index contributed by atoms with van der Waals surface area (Å²) in [6, 6.07) is 0. The Morgan fingerprint density at radius 2 is 0.333 bits per heavy atom. The normalized spacial score (nSPS) is 19.6. The summed E-state index contributed by atoms with van der Waals surface area (Å²) in [6.45, 7) is 43.5. The zero-order valence-electron chi connectivity index (χ0n) is 27.0. The molecule has 33 heavy (non-hydrogen) atoms. The number of rotatable bonds is 12. The third-order valence-corrected chi connectivity index (χ3v) is 11.3. The molecule has 0 aliphatic carbocycles. The predicted molar refractivity (Wildman–Crippen MR) is 166 cm³/mol. The van der Waals surface area contributed by atoms with E-state index in [0.29, 0.717) is 0 Å². The van der Waals surface area contributed by atoms with Gasteiger partial charge < -0.3 is 0 Å². The van der Waals surface area contributed by atoms with Gasteiger partial charge in [0.15, 0.2) is 0 Å². The van der Waals surface area contributed by atoms with Crippen LogP contribution in [0.3, 0.4) is 0 Å². The maximum absolute atomic E-state index is 2.49. The Labute approximate surface area is 230 Å². The summed E-state index contributed by atoms with van der Waals surface area (Å²) in [7, 11) is 0. The van der Waals surface area contributed by atoms with E-state index in [-0.39, 0.29) is 36.5 Å². The van der Waals surface area contributed by atoms with Crippen molar-refractivity contribution in [3.8, 4) is 0 Å². The van der Waals surface area contributed by atoms with E-state index >= 15 is 0 Å². The molecule has 6 atom stereocenters. The summed E-state index contributed by atoms with van der Waals surface area (Å²) < 4.78 is 0. The van der Waals surface area contributed by atoms with Crippen LogP contribution in [0.4, 0.5) is 0 Å². The summed E-state index contributed by atoms with van der Waals surface area (Å²) in [6.07, 6.45) is 0. The number of hydrogen-bond donors (Lipinski definition) is 0. The van der Waals surface area contributed by atoms with Crippen LogP contribution in [0.25, 0.3) is 0 Å². The van der Waals surface area contributed by atoms with Crippen LogP contribution in [0.2, 0.25) is 34.9 Å². The molecule has 0 aliphatic heterocycles. The first-order chi connectivity index (χ1) is 14.4. The largest absolute Gasteiger partial charge is 2.00 e. The molecule has 0 amide bonds. The molecule has 0 rings (SSSR count). The molecular weight excluding hydrogens is 406 g/mol. The Balaban J connectivity index is -0.000000529. The van der Waals surface area contributed by atoms with Crippen molar-refractivity contribution in [1.29, 1.82) is 0 Å². The predicted octanol–water partition coefficient (Wildman–Crippen LogP) is 10.3. The second-order valence-corrected chi connectivity index (χ2v) is 14.7. The minimum atomic E-state index is -0.0694. The molecule has 0 radical (unpaired) electrons. The standard InChI is InChI=1S/2C15H34B.Mg/c2*1-10(2)13(7)16(14(8)11(3)4)15(9)12(5)6;/h2*10-16H,1-9H3;/q2*-1;+2. The average molecular weight is 475 g/mol. The Morgan fingerprint density at radius 1 is 0.242 bits per heavy atom. The fraction of sp³-hybridized carbons (Fsp3) is 1.00. The molecule has 0 bridgehead atoms. The smallest absolute Gasteiger partial charge is 0.169 e. The van der Waals surface area contributed by atoms with Crippen molar-refractivity contribution in [3.63, 3.8) is 0 Å². The molecule has 0 aromatic rings. The van der Waals surface area contributed by atoms with E-state index in [1.165, 1.54) is 0 Å². The summed E-state index contributed by atoms with van der Waals surface area (Å²) in [4.78, 5) is 0. The Kier molecular flexibility index (Phi) is 21.2. The van der Waals surface area contributed by atoms with Crippen molar-refractivity contribution in [3.05, 3.63) is 0 Å². The van der Waals surface area contributed by atoms with Gasteiger partial charge in [0.2, 0.25) is 0 Å². The van der Waals surface area contributed by atoms with Gasteiger partial charge in [0.1, 0.15) is 0 Å². The quantitative estimate of drug-likeness (QED) is 0.247.